The van der Waals surface area contributed by atoms with Gasteiger partial charge in [0.1, 0.15) is 0 Å². The predicted molar refractivity (Wildman–Crippen MR) is 92.6 cm³/mol. The second kappa shape index (κ2) is 5.73. The Kier molecular flexibility index (Phi) is 3.43. The van der Waals surface area contributed by atoms with E-state index in [0.717, 1.165) is 16.7 Å². The van der Waals surface area contributed by atoms with E-state index in [1.54, 1.807) is 0 Å². The molecule has 0 aliphatic carbocycles. The van der Waals surface area contributed by atoms with Gasteiger partial charge in [0, 0.05) is 16.7 Å². The lowest BCUT2D eigenvalue weighted by molar-refractivity contribution is 0.133. The van der Waals surface area contributed by atoms with Gasteiger partial charge in [0.05, 0.1) is 6.54 Å². The molecule has 0 amide bonds. The fourth-order valence-electron chi connectivity index (χ4n) is 3.03. The molecule has 2 nitrogen and oxygen atoms in total. The molecule has 112 valence electrons. The number of ether oxygens (including phenoxy) is 1. The van der Waals surface area contributed by atoms with Crippen LogP contribution in [0.5, 0.6) is 0 Å². The minimum atomic E-state index is -0.548. The molecule has 0 bridgehead atoms. The van der Waals surface area contributed by atoms with Crippen molar-refractivity contribution in [3.05, 3.63) is 108 Å². The molecule has 0 spiro atoms. The molecule has 0 unspecified atom stereocenters. The number of hydrogen-bond acceptors (Lipinski definition) is 2. The minimum Gasteiger partial charge on any atom is -0.459 e. The van der Waals surface area contributed by atoms with Crippen LogP contribution in [0.2, 0.25) is 0 Å². The molecule has 0 N–H and O–H groups in total. The molecule has 1 aliphatic heterocycles. The van der Waals surface area contributed by atoms with Gasteiger partial charge in [-0.3, -0.25) is 0 Å². The molecule has 0 atom stereocenters. The Balaban J connectivity index is 1.78. The Hall–Kier alpha value is -2.87. The summed E-state index contributed by atoms with van der Waals surface area (Å²) in [4.78, 5) is 4.71. The van der Waals surface area contributed by atoms with Crippen molar-refractivity contribution in [2.75, 3.05) is 6.54 Å². The third kappa shape index (κ3) is 2.42. The van der Waals surface area contributed by atoms with Gasteiger partial charge in [-0.1, -0.05) is 78.9 Å². The van der Waals surface area contributed by atoms with Crippen LogP contribution in [-0.4, -0.2) is 12.4 Å². The van der Waals surface area contributed by atoms with Crippen LogP contribution in [-0.2, 0) is 10.3 Å². The summed E-state index contributed by atoms with van der Waals surface area (Å²) >= 11 is 0. The van der Waals surface area contributed by atoms with Gasteiger partial charge >= 0.3 is 0 Å². The lowest BCUT2D eigenvalue weighted by Gasteiger charge is -2.29. The molecular weight excluding hydrogens is 282 g/mol. The highest BCUT2D eigenvalue weighted by Gasteiger charge is 2.41. The van der Waals surface area contributed by atoms with Gasteiger partial charge in [0.2, 0.25) is 5.90 Å². The maximum atomic E-state index is 6.46. The van der Waals surface area contributed by atoms with Gasteiger partial charge in [0.25, 0.3) is 0 Å². The van der Waals surface area contributed by atoms with Crippen molar-refractivity contribution in [1.29, 1.82) is 0 Å². The van der Waals surface area contributed by atoms with Crippen molar-refractivity contribution in [3.63, 3.8) is 0 Å². The standard InChI is InChI=1S/C21H17NO/c1-4-10-17(11-5-1)20-22-16-21(23-20,18-12-6-2-7-13-18)19-14-8-3-9-15-19/h1-15H,16H2. The Morgan fingerprint density at radius 1 is 0.652 bits per heavy atom. The molecule has 1 heterocycles. The molecule has 0 aromatic heterocycles. The van der Waals surface area contributed by atoms with Crippen LogP contribution >= 0.6 is 0 Å². The lowest BCUT2D eigenvalue weighted by atomic mass is 9.86. The SMILES string of the molecule is c1ccc(C2=NCC(c3ccccc3)(c3ccccc3)O2)cc1. The maximum absolute atomic E-state index is 6.46. The van der Waals surface area contributed by atoms with E-state index in [1.165, 1.54) is 0 Å². The number of rotatable bonds is 3. The van der Waals surface area contributed by atoms with Gasteiger partial charge in [-0.15, -0.1) is 0 Å². The zero-order valence-electron chi connectivity index (χ0n) is 12.7. The molecule has 0 saturated carbocycles. The van der Waals surface area contributed by atoms with E-state index in [4.69, 9.17) is 9.73 Å². The van der Waals surface area contributed by atoms with Crippen LogP contribution in [0.1, 0.15) is 16.7 Å². The van der Waals surface area contributed by atoms with E-state index in [1.807, 2.05) is 66.7 Å². The highest BCUT2D eigenvalue weighted by molar-refractivity contribution is 5.95. The van der Waals surface area contributed by atoms with E-state index in [2.05, 4.69) is 24.3 Å². The summed E-state index contributed by atoms with van der Waals surface area (Å²) in [5.74, 6) is 0.707. The Morgan fingerprint density at radius 3 is 1.65 bits per heavy atom. The second-order valence-corrected chi connectivity index (χ2v) is 5.65. The highest BCUT2D eigenvalue weighted by Crippen LogP contribution is 2.38. The average Bonchev–Trinajstić information content (AvgIpc) is 3.11. The molecule has 0 saturated heterocycles. The van der Waals surface area contributed by atoms with Crippen LogP contribution in [0.25, 0.3) is 0 Å². The third-order valence-electron chi connectivity index (χ3n) is 4.22. The van der Waals surface area contributed by atoms with Crippen molar-refractivity contribution in [1.82, 2.24) is 0 Å². The topological polar surface area (TPSA) is 21.6 Å². The first kappa shape index (κ1) is 13.8. The fourth-order valence-corrected chi connectivity index (χ4v) is 3.03. The summed E-state index contributed by atoms with van der Waals surface area (Å²) in [7, 11) is 0. The number of benzene rings is 3. The molecule has 3 aromatic carbocycles. The van der Waals surface area contributed by atoms with Crippen LogP contribution in [0, 0.1) is 0 Å². The lowest BCUT2D eigenvalue weighted by Crippen LogP contribution is -2.32. The average molecular weight is 299 g/mol. The van der Waals surface area contributed by atoms with Gasteiger partial charge in [-0.05, 0) is 12.1 Å². The van der Waals surface area contributed by atoms with E-state index < -0.39 is 5.60 Å². The third-order valence-corrected chi connectivity index (χ3v) is 4.22. The quantitative estimate of drug-likeness (QED) is 0.702. The molecule has 4 rings (SSSR count). The van der Waals surface area contributed by atoms with Crippen molar-refractivity contribution in [2.45, 2.75) is 5.60 Å². The van der Waals surface area contributed by atoms with E-state index in [0.29, 0.717) is 12.4 Å². The Bertz CT molecular complexity index is 771. The van der Waals surface area contributed by atoms with Crippen LogP contribution in [0.15, 0.2) is 96.0 Å². The van der Waals surface area contributed by atoms with Crippen molar-refractivity contribution >= 4 is 5.90 Å². The van der Waals surface area contributed by atoms with Gasteiger partial charge in [0.15, 0.2) is 5.60 Å². The molecule has 3 aromatic rings. The zero-order valence-corrected chi connectivity index (χ0v) is 12.7. The maximum Gasteiger partial charge on any atom is 0.217 e. The van der Waals surface area contributed by atoms with E-state index in [9.17, 15) is 0 Å². The smallest absolute Gasteiger partial charge is 0.217 e. The van der Waals surface area contributed by atoms with E-state index >= 15 is 0 Å². The first-order valence-corrected chi connectivity index (χ1v) is 7.78. The largest absolute Gasteiger partial charge is 0.459 e. The predicted octanol–water partition coefficient (Wildman–Crippen LogP) is 4.41. The molecule has 2 heteroatoms. The number of nitrogens with zero attached hydrogens (tertiary/aromatic N) is 1. The van der Waals surface area contributed by atoms with Crippen LogP contribution in [0.3, 0.4) is 0 Å². The first-order chi connectivity index (χ1) is 11.4. The Labute approximate surface area is 136 Å². The van der Waals surface area contributed by atoms with Gasteiger partial charge in [-0.25, -0.2) is 4.99 Å². The Morgan fingerprint density at radius 2 is 1.13 bits per heavy atom. The molecular formula is C21H17NO. The zero-order chi connectivity index (χ0) is 15.5. The monoisotopic (exact) mass is 299 g/mol. The van der Waals surface area contributed by atoms with Crippen LogP contribution < -0.4 is 0 Å². The number of hydrogen-bond donors (Lipinski definition) is 0. The summed E-state index contributed by atoms with van der Waals surface area (Å²) in [6.07, 6.45) is 0. The molecule has 0 fully saturated rings. The highest BCUT2D eigenvalue weighted by atomic mass is 16.5. The van der Waals surface area contributed by atoms with Crippen molar-refractivity contribution < 1.29 is 4.74 Å². The second-order valence-electron chi connectivity index (χ2n) is 5.65. The van der Waals surface area contributed by atoms with Crippen molar-refractivity contribution in [3.8, 4) is 0 Å². The van der Waals surface area contributed by atoms with Crippen LogP contribution in [0.4, 0.5) is 0 Å². The van der Waals surface area contributed by atoms with Crippen molar-refractivity contribution in [2.24, 2.45) is 4.99 Å². The molecule has 23 heavy (non-hydrogen) atoms. The fraction of sp³-hybridized carbons (Fsp3) is 0.0952. The first-order valence-electron chi connectivity index (χ1n) is 7.78. The van der Waals surface area contributed by atoms with E-state index in [-0.39, 0.29) is 0 Å². The van der Waals surface area contributed by atoms with Gasteiger partial charge < -0.3 is 4.74 Å². The number of aliphatic imine (C=N–C) groups is 1. The van der Waals surface area contributed by atoms with Gasteiger partial charge in [-0.2, -0.15) is 0 Å². The minimum absolute atomic E-state index is 0.548. The summed E-state index contributed by atoms with van der Waals surface area (Å²) < 4.78 is 6.46. The molecule has 0 radical (unpaired) electrons. The summed E-state index contributed by atoms with van der Waals surface area (Å²) in [5, 5.41) is 0. The summed E-state index contributed by atoms with van der Waals surface area (Å²) in [5.41, 5.74) is 2.72. The molecule has 1 aliphatic rings. The summed E-state index contributed by atoms with van der Waals surface area (Å²) in [6, 6.07) is 30.7. The summed E-state index contributed by atoms with van der Waals surface area (Å²) in [6.45, 7) is 0.589. The normalized spacial score (nSPS) is 15.7.